The summed E-state index contributed by atoms with van der Waals surface area (Å²) in [5.41, 5.74) is 0.977. The molecular formula is C16H10Cl2IN3O2. The van der Waals surface area contributed by atoms with Crippen LogP contribution in [0.4, 0.5) is 0 Å². The molecule has 0 fully saturated rings. The lowest BCUT2D eigenvalue weighted by atomic mass is 10.3. The van der Waals surface area contributed by atoms with Gasteiger partial charge in [-0.2, -0.15) is 9.78 Å². The van der Waals surface area contributed by atoms with Crippen LogP contribution in [0.2, 0.25) is 10.0 Å². The molecule has 0 spiro atoms. The smallest absolute Gasteiger partial charge is 0.294 e. The van der Waals surface area contributed by atoms with Crippen molar-refractivity contribution < 1.29 is 4.74 Å². The van der Waals surface area contributed by atoms with Gasteiger partial charge >= 0.3 is 0 Å². The Bertz CT molecular complexity index is 912. The highest BCUT2D eigenvalue weighted by Gasteiger charge is 2.12. The van der Waals surface area contributed by atoms with E-state index in [1.807, 2.05) is 12.1 Å². The van der Waals surface area contributed by atoms with Crippen molar-refractivity contribution in [1.29, 1.82) is 0 Å². The van der Waals surface area contributed by atoms with Crippen LogP contribution in [0.1, 0.15) is 5.56 Å². The van der Waals surface area contributed by atoms with E-state index in [-0.39, 0.29) is 17.4 Å². The molecule has 3 aromatic rings. The minimum Gasteiger partial charge on any atom is -0.485 e. The van der Waals surface area contributed by atoms with Gasteiger partial charge in [-0.05, 0) is 52.9 Å². The zero-order chi connectivity index (χ0) is 17.1. The SMILES string of the molecule is O=c1c(Cl)c(OCc2ccc(I)nc2)cnn1-c1ccc(Cl)cc1. The van der Waals surface area contributed by atoms with Crippen LogP contribution in [0.3, 0.4) is 0 Å². The van der Waals surface area contributed by atoms with Gasteiger partial charge in [0.1, 0.15) is 10.3 Å². The first kappa shape index (κ1) is 17.2. The van der Waals surface area contributed by atoms with Gasteiger partial charge in [-0.3, -0.25) is 4.79 Å². The first-order chi connectivity index (χ1) is 11.5. The summed E-state index contributed by atoms with van der Waals surface area (Å²) in [5, 5.41) is 4.64. The van der Waals surface area contributed by atoms with Crippen LogP contribution in [-0.4, -0.2) is 14.8 Å². The summed E-state index contributed by atoms with van der Waals surface area (Å²) >= 11 is 14.1. The van der Waals surface area contributed by atoms with Gasteiger partial charge in [0.05, 0.1) is 11.9 Å². The minimum atomic E-state index is -0.461. The number of hydrogen-bond donors (Lipinski definition) is 0. The lowest BCUT2D eigenvalue weighted by Crippen LogP contribution is -2.22. The molecule has 0 atom stereocenters. The molecule has 0 unspecified atom stereocenters. The molecule has 0 N–H and O–H groups in total. The molecule has 3 rings (SSSR count). The molecule has 122 valence electrons. The number of aromatic nitrogens is 3. The van der Waals surface area contributed by atoms with Gasteiger partial charge in [0, 0.05) is 16.8 Å². The molecular weight excluding hydrogens is 464 g/mol. The quantitative estimate of drug-likeness (QED) is 0.422. The number of ether oxygens (including phenoxy) is 1. The van der Waals surface area contributed by atoms with Crippen molar-refractivity contribution in [2.24, 2.45) is 0 Å². The highest BCUT2D eigenvalue weighted by molar-refractivity contribution is 14.1. The van der Waals surface area contributed by atoms with E-state index in [1.54, 1.807) is 30.5 Å². The molecule has 2 aromatic heterocycles. The second-order valence-electron chi connectivity index (χ2n) is 4.79. The fourth-order valence-electron chi connectivity index (χ4n) is 1.94. The Morgan fingerprint density at radius 2 is 1.83 bits per heavy atom. The van der Waals surface area contributed by atoms with E-state index in [4.69, 9.17) is 27.9 Å². The maximum absolute atomic E-state index is 12.4. The maximum atomic E-state index is 12.4. The monoisotopic (exact) mass is 473 g/mol. The van der Waals surface area contributed by atoms with Crippen LogP contribution in [0.5, 0.6) is 5.75 Å². The summed E-state index contributed by atoms with van der Waals surface area (Å²) in [6, 6.07) is 10.5. The molecule has 5 nitrogen and oxygen atoms in total. The fourth-order valence-corrected chi connectivity index (χ4v) is 2.57. The van der Waals surface area contributed by atoms with E-state index in [2.05, 4.69) is 32.7 Å². The molecule has 8 heteroatoms. The molecule has 2 heterocycles. The normalized spacial score (nSPS) is 10.6. The van der Waals surface area contributed by atoms with Crippen LogP contribution in [0.15, 0.2) is 53.6 Å². The van der Waals surface area contributed by atoms with Crippen molar-refractivity contribution in [2.45, 2.75) is 6.61 Å². The van der Waals surface area contributed by atoms with Crippen molar-refractivity contribution in [2.75, 3.05) is 0 Å². The van der Waals surface area contributed by atoms with E-state index in [1.165, 1.54) is 10.9 Å². The third kappa shape index (κ3) is 3.88. The van der Waals surface area contributed by atoms with Crippen LogP contribution in [0, 0.1) is 3.70 Å². The first-order valence-corrected chi connectivity index (χ1v) is 8.65. The molecule has 0 amide bonds. The zero-order valence-electron chi connectivity index (χ0n) is 12.1. The zero-order valence-corrected chi connectivity index (χ0v) is 15.8. The summed E-state index contributed by atoms with van der Waals surface area (Å²) < 4.78 is 7.66. The largest absolute Gasteiger partial charge is 0.485 e. The lowest BCUT2D eigenvalue weighted by molar-refractivity contribution is 0.303. The van der Waals surface area contributed by atoms with Gasteiger partial charge in [-0.25, -0.2) is 4.98 Å². The number of pyridine rings is 1. The number of rotatable bonds is 4. The Morgan fingerprint density at radius 1 is 1.08 bits per heavy atom. The second kappa shape index (κ2) is 7.50. The molecule has 0 saturated carbocycles. The van der Waals surface area contributed by atoms with E-state index in [9.17, 15) is 4.79 Å². The summed E-state index contributed by atoms with van der Waals surface area (Å²) in [6.07, 6.45) is 3.12. The summed E-state index contributed by atoms with van der Waals surface area (Å²) in [5.74, 6) is 0.227. The second-order valence-corrected chi connectivity index (χ2v) is 6.71. The summed E-state index contributed by atoms with van der Waals surface area (Å²) in [7, 11) is 0. The number of benzene rings is 1. The van der Waals surface area contributed by atoms with Crippen molar-refractivity contribution in [3.05, 3.63) is 78.5 Å². The molecule has 0 bridgehead atoms. The van der Waals surface area contributed by atoms with Gasteiger partial charge in [-0.15, -0.1) is 0 Å². The lowest BCUT2D eigenvalue weighted by Gasteiger charge is -2.10. The maximum Gasteiger partial charge on any atom is 0.294 e. The molecule has 0 saturated heterocycles. The molecule has 0 aliphatic rings. The summed E-state index contributed by atoms with van der Waals surface area (Å²) in [6.45, 7) is 0.246. The van der Waals surface area contributed by atoms with Gasteiger partial charge in [-0.1, -0.05) is 29.3 Å². The molecule has 0 radical (unpaired) electrons. The standard InChI is InChI=1S/C16H10Cl2IN3O2/c17-11-2-4-12(5-3-11)22-16(23)15(18)13(8-21-22)24-9-10-1-6-14(19)20-7-10/h1-8H,9H2. The number of nitrogens with zero attached hydrogens (tertiary/aromatic N) is 3. The Morgan fingerprint density at radius 3 is 2.50 bits per heavy atom. The third-order valence-corrected chi connectivity index (χ3v) is 4.38. The molecule has 0 aliphatic carbocycles. The van der Waals surface area contributed by atoms with Crippen LogP contribution >= 0.6 is 45.8 Å². The van der Waals surface area contributed by atoms with Crippen LogP contribution in [0.25, 0.3) is 5.69 Å². The van der Waals surface area contributed by atoms with Crippen molar-refractivity contribution >= 4 is 45.8 Å². The molecule has 24 heavy (non-hydrogen) atoms. The Balaban J connectivity index is 1.83. The Kier molecular flexibility index (Phi) is 5.37. The predicted octanol–water partition coefficient (Wildman–Crippen LogP) is 4.12. The van der Waals surface area contributed by atoms with Gasteiger partial charge < -0.3 is 4.74 Å². The van der Waals surface area contributed by atoms with Crippen molar-refractivity contribution in [1.82, 2.24) is 14.8 Å². The number of hydrogen-bond acceptors (Lipinski definition) is 4. The Hall–Kier alpha value is -1.64. The van der Waals surface area contributed by atoms with Gasteiger partial charge in [0.2, 0.25) is 0 Å². The van der Waals surface area contributed by atoms with E-state index in [0.29, 0.717) is 10.7 Å². The first-order valence-electron chi connectivity index (χ1n) is 6.81. The van der Waals surface area contributed by atoms with E-state index < -0.39 is 5.56 Å². The molecule has 0 aliphatic heterocycles. The fraction of sp³-hybridized carbons (Fsp3) is 0.0625. The topological polar surface area (TPSA) is 57.0 Å². The minimum absolute atomic E-state index is 0.0292. The van der Waals surface area contributed by atoms with Crippen molar-refractivity contribution in [3.63, 3.8) is 0 Å². The highest BCUT2D eigenvalue weighted by atomic mass is 127. The predicted molar refractivity (Wildman–Crippen MR) is 101 cm³/mol. The van der Waals surface area contributed by atoms with E-state index in [0.717, 1.165) is 9.26 Å². The van der Waals surface area contributed by atoms with Crippen molar-refractivity contribution in [3.8, 4) is 11.4 Å². The number of halogens is 3. The van der Waals surface area contributed by atoms with Gasteiger partial charge in [0.15, 0.2) is 10.8 Å². The Labute approximate surface area is 161 Å². The highest BCUT2D eigenvalue weighted by Crippen LogP contribution is 2.21. The summed E-state index contributed by atoms with van der Waals surface area (Å²) in [4.78, 5) is 16.5. The van der Waals surface area contributed by atoms with Crippen LogP contribution in [-0.2, 0) is 6.61 Å². The van der Waals surface area contributed by atoms with Crippen LogP contribution < -0.4 is 10.3 Å². The average molecular weight is 474 g/mol. The average Bonchev–Trinajstić information content (AvgIpc) is 2.59. The third-order valence-electron chi connectivity index (χ3n) is 3.14. The van der Waals surface area contributed by atoms with E-state index >= 15 is 0 Å². The molecule has 1 aromatic carbocycles. The van der Waals surface area contributed by atoms with Gasteiger partial charge in [0.25, 0.3) is 5.56 Å².